The van der Waals surface area contributed by atoms with E-state index in [9.17, 15) is 65.9 Å². The molecule has 164 valence electrons. The van der Waals surface area contributed by atoms with Crippen LogP contribution in [0.5, 0.6) is 0 Å². The summed E-state index contributed by atoms with van der Waals surface area (Å²) in [6.07, 6.45) is -7.65. The lowest BCUT2D eigenvalue weighted by molar-refractivity contribution is -0.454. The van der Waals surface area contributed by atoms with Crippen molar-refractivity contribution in [1.82, 2.24) is 15.2 Å². The third-order valence-corrected chi connectivity index (χ3v) is 3.13. The Balaban J connectivity index is 3.61. The summed E-state index contributed by atoms with van der Waals surface area (Å²) >= 11 is 0. The second-order valence-electron chi connectivity index (χ2n) is 4.99. The van der Waals surface area contributed by atoms with Crippen LogP contribution >= 0.6 is 0 Å². The molecular weight excluding hydrogens is 449 g/mol. The lowest BCUT2D eigenvalue weighted by atomic mass is 9.91. The number of nitrogens with one attached hydrogen (secondary N) is 1. The van der Waals surface area contributed by atoms with Gasteiger partial charge in [-0.1, -0.05) is 0 Å². The predicted octanol–water partition coefficient (Wildman–Crippen LogP) is 4.22. The molecule has 19 heteroatoms. The maximum Gasteiger partial charge on any atom is 0.460 e. The molecule has 0 amide bonds. The van der Waals surface area contributed by atoms with Gasteiger partial charge in [-0.25, -0.2) is 0 Å². The smallest absolute Gasteiger partial charge is 0.367 e. The van der Waals surface area contributed by atoms with Gasteiger partial charge in [-0.05, 0) is 0 Å². The summed E-state index contributed by atoms with van der Waals surface area (Å²) in [5.41, 5.74) is 4.58. The first-order valence-corrected chi connectivity index (χ1v) is 6.02. The molecule has 0 saturated carbocycles. The maximum absolute atomic E-state index is 13.5. The highest BCUT2D eigenvalue weighted by Gasteiger charge is 2.93. The number of alkyl halides is 15. The first-order chi connectivity index (χ1) is 12.0. The number of aromatic amines is 1. The molecule has 0 bridgehead atoms. The van der Waals surface area contributed by atoms with Gasteiger partial charge in [0.1, 0.15) is 0 Å². The topological polar surface area (TPSA) is 67.6 Å². The van der Waals surface area contributed by atoms with Crippen LogP contribution in [0.1, 0.15) is 5.82 Å². The molecule has 0 aliphatic carbocycles. The van der Waals surface area contributed by atoms with E-state index < -0.39 is 53.5 Å². The Hall–Kier alpha value is -2.11. The van der Waals surface area contributed by atoms with Crippen LogP contribution in [0.3, 0.4) is 0 Å². The summed E-state index contributed by atoms with van der Waals surface area (Å²) in [6.45, 7) is 0. The van der Waals surface area contributed by atoms with Crippen LogP contribution in [-0.4, -0.2) is 51.0 Å². The molecule has 0 unspecified atom stereocenters. The van der Waals surface area contributed by atoms with Crippen LogP contribution in [0.4, 0.5) is 71.8 Å². The van der Waals surface area contributed by atoms with E-state index in [-0.39, 0.29) is 0 Å². The Morgan fingerprint density at radius 2 is 0.929 bits per heavy atom. The van der Waals surface area contributed by atoms with Crippen molar-refractivity contribution in [2.75, 3.05) is 5.73 Å². The highest BCUT2D eigenvalue weighted by Crippen LogP contribution is 2.63. The summed E-state index contributed by atoms with van der Waals surface area (Å²) in [6, 6.07) is 0. The van der Waals surface area contributed by atoms with Gasteiger partial charge in [-0.3, -0.25) is 5.10 Å². The van der Waals surface area contributed by atoms with Crippen molar-refractivity contribution in [3.63, 3.8) is 0 Å². The zero-order valence-electron chi connectivity index (χ0n) is 12.1. The number of aromatic nitrogens is 3. The van der Waals surface area contributed by atoms with Gasteiger partial charge in [0.25, 0.3) is 0 Å². The van der Waals surface area contributed by atoms with Crippen molar-refractivity contribution < 1.29 is 65.9 Å². The number of rotatable bonds is 6. The molecule has 0 aromatic carbocycles. The van der Waals surface area contributed by atoms with Crippen LogP contribution < -0.4 is 5.73 Å². The minimum atomic E-state index is -8.35. The molecule has 3 N–H and O–H groups in total. The summed E-state index contributed by atoms with van der Waals surface area (Å²) in [7, 11) is 0. The molecule has 1 rings (SSSR count). The van der Waals surface area contributed by atoms with Crippen molar-refractivity contribution >= 4 is 5.95 Å². The zero-order valence-corrected chi connectivity index (χ0v) is 12.1. The third-order valence-electron chi connectivity index (χ3n) is 3.13. The van der Waals surface area contributed by atoms with E-state index in [4.69, 9.17) is 0 Å². The van der Waals surface area contributed by atoms with Gasteiger partial charge in [0.15, 0.2) is 0 Å². The van der Waals surface area contributed by atoms with Crippen molar-refractivity contribution in [3.8, 4) is 0 Å². The Bertz CT molecular complexity index is 717. The SMILES string of the molecule is Nc1n[nH]c(C(F)(F)C(F)(F)C(F)(F)C(F)(F)C(F)(F)C(F)(F)C(F)(F)F)n1. The number of anilines is 1. The fourth-order valence-electron chi connectivity index (χ4n) is 1.53. The Morgan fingerprint density at radius 1 is 0.571 bits per heavy atom. The number of hydrogen-bond acceptors (Lipinski definition) is 3. The number of halogens is 15. The molecule has 1 aromatic heterocycles. The summed E-state index contributed by atoms with van der Waals surface area (Å²) in [4.78, 5) is 2.18. The van der Waals surface area contributed by atoms with Crippen molar-refractivity contribution in [3.05, 3.63) is 5.82 Å². The van der Waals surface area contributed by atoms with E-state index in [2.05, 4.69) is 15.8 Å². The van der Waals surface area contributed by atoms with Crippen molar-refractivity contribution in [2.24, 2.45) is 0 Å². The highest BCUT2D eigenvalue weighted by atomic mass is 19.4. The first-order valence-electron chi connectivity index (χ1n) is 6.02. The van der Waals surface area contributed by atoms with Gasteiger partial charge in [-0.15, -0.1) is 5.10 Å². The maximum atomic E-state index is 13.5. The molecule has 0 atom stereocenters. The third kappa shape index (κ3) is 2.80. The summed E-state index contributed by atoms with van der Waals surface area (Å²) in [5, 5.41) is 3.20. The van der Waals surface area contributed by atoms with E-state index in [1.54, 1.807) is 0 Å². The van der Waals surface area contributed by atoms with Gasteiger partial charge >= 0.3 is 41.7 Å². The number of hydrogen-bond donors (Lipinski definition) is 2. The van der Waals surface area contributed by atoms with E-state index in [0.29, 0.717) is 0 Å². The lowest BCUT2D eigenvalue weighted by Crippen LogP contribution is -2.72. The van der Waals surface area contributed by atoms with Crippen molar-refractivity contribution in [2.45, 2.75) is 41.7 Å². The molecule has 0 aliphatic rings. The summed E-state index contributed by atoms with van der Waals surface area (Å²) in [5.74, 6) is -51.2. The monoisotopic (exact) mass is 452 g/mol. The molecule has 28 heavy (non-hydrogen) atoms. The van der Waals surface area contributed by atoms with Crippen LogP contribution in [0, 0.1) is 0 Å². The van der Waals surface area contributed by atoms with Crippen LogP contribution in [-0.2, 0) is 5.92 Å². The van der Waals surface area contributed by atoms with Crippen molar-refractivity contribution in [1.29, 1.82) is 0 Å². The first kappa shape index (κ1) is 23.9. The molecule has 0 spiro atoms. The number of H-pyrrole nitrogens is 1. The minimum absolute atomic E-state index is 0.759. The van der Waals surface area contributed by atoms with Crippen LogP contribution in [0.15, 0.2) is 0 Å². The van der Waals surface area contributed by atoms with E-state index >= 15 is 0 Å². The molecular formula is C9H3F15N4. The molecule has 0 aliphatic heterocycles. The van der Waals surface area contributed by atoms with Crippen LogP contribution in [0.25, 0.3) is 0 Å². The Morgan fingerprint density at radius 3 is 1.25 bits per heavy atom. The standard InChI is InChI=1S/C9H3F15N4/c10-3(11,1-26-2(25)28-27-1)4(12,13)5(14,15)6(16,17)7(18,19)8(20,21)9(22,23)24/h(H3,25,26,27,28). The van der Waals surface area contributed by atoms with Gasteiger partial charge in [0.2, 0.25) is 11.8 Å². The molecule has 0 saturated heterocycles. The fourth-order valence-corrected chi connectivity index (χ4v) is 1.53. The quantitative estimate of drug-likeness (QED) is 0.636. The molecule has 0 radical (unpaired) electrons. The van der Waals surface area contributed by atoms with Gasteiger partial charge in [0.05, 0.1) is 0 Å². The number of nitrogens with two attached hydrogens (primary N) is 1. The van der Waals surface area contributed by atoms with E-state index in [1.165, 1.54) is 0 Å². The van der Waals surface area contributed by atoms with E-state index in [0.717, 1.165) is 5.10 Å². The Kier molecular flexibility index (Phi) is 5.08. The highest BCUT2D eigenvalue weighted by molar-refractivity contribution is 5.20. The average Bonchev–Trinajstić information content (AvgIpc) is 2.92. The predicted molar refractivity (Wildman–Crippen MR) is 55.5 cm³/mol. The lowest BCUT2D eigenvalue weighted by Gasteiger charge is -2.41. The normalized spacial score (nSPS) is 15.8. The van der Waals surface area contributed by atoms with E-state index in [1.807, 2.05) is 0 Å². The van der Waals surface area contributed by atoms with Crippen LogP contribution in [0.2, 0.25) is 0 Å². The number of nitrogen functional groups attached to an aromatic ring is 1. The van der Waals surface area contributed by atoms with Gasteiger partial charge in [0, 0.05) is 0 Å². The molecule has 1 aromatic rings. The summed E-state index contributed by atoms with van der Waals surface area (Å²) < 4.78 is 194. The zero-order chi connectivity index (χ0) is 22.8. The van der Waals surface area contributed by atoms with Gasteiger partial charge < -0.3 is 5.73 Å². The molecule has 0 fully saturated rings. The second kappa shape index (κ2) is 5.94. The minimum Gasteiger partial charge on any atom is -0.367 e. The molecule has 1 heterocycles. The Labute approximate surface area is 141 Å². The fraction of sp³-hybridized carbons (Fsp3) is 0.778. The number of nitrogens with zero attached hydrogens (tertiary/aromatic N) is 2. The van der Waals surface area contributed by atoms with Gasteiger partial charge in [-0.2, -0.15) is 70.8 Å². The second-order valence-corrected chi connectivity index (χ2v) is 4.99. The molecule has 4 nitrogen and oxygen atoms in total. The largest absolute Gasteiger partial charge is 0.460 e. The average molecular weight is 452 g/mol.